The van der Waals surface area contributed by atoms with Crippen LogP contribution >= 0.6 is 0 Å². The van der Waals surface area contributed by atoms with Gasteiger partial charge in [0.05, 0.1) is 0 Å². The summed E-state index contributed by atoms with van der Waals surface area (Å²) in [7, 11) is 0. The fraction of sp³-hybridized carbons (Fsp3) is 0. The number of benzene rings is 4. The summed E-state index contributed by atoms with van der Waals surface area (Å²) >= 11 is 0. The third-order valence-corrected chi connectivity index (χ3v) is 5.42. The lowest BCUT2D eigenvalue weighted by molar-refractivity contribution is 0.619. The van der Waals surface area contributed by atoms with E-state index in [9.17, 15) is 0 Å². The SMILES string of the molecule is Nc1ccc2oc(-c3ccc(-c4ccc(-c5nc6cc(N)ccc6o5)cc4)cc3)nc2c1. The van der Waals surface area contributed by atoms with Gasteiger partial charge in [-0.3, -0.25) is 0 Å². The molecule has 6 nitrogen and oxygen atoms in total. The lowest BCUT2D eigenvalue weighted by Crippen LogP contribution is -1.83. The third-order valence-electron chi connectivity index (χ3n) is 5.42. The van der Waals surface area contributed by atoms with Crippen LogP contribution in [-0.4, -0.2) is 9.97 Å². The monoisotopic (exact) mass is 418 g/mol. The Morgan fingerprint density at radius 1 is 0.469 bits per heavy atom. The molecule has 4 N–H and O–H groups in total. The van der Waals surface area contributed by atoms with Gasteiger partial charge >= 0.3 is 0 Å². The van der Waals surface area contributed by atoms with Gasteiger partial charge in [-0.05, 0) is 71.8 Å². The van der Waals surface area contributed by atoms with Crippen molar-refractivity contribution < 1.29 is 8.83 Å². The summed E-state index contributed by atoms with van der Waals surface area (Å²) in [5, 5.41) is 0. The Bertz CT molecular complexity index is 1460. The Labute approximate surface area is 183 Å². The third kappa shape index (κ3) is 3.15. The van der Waals surface area contributed by atoms with Gasteiger partial charge < -0.3 is 20.3 Å². The quantitative estimate of drug-likeness (QED) is 0.335. The molecule has 0 aliphatic carbocycles. The van der Waals surface area contributed by atoms with Crippen molar-refractivity contribution in [1.29, 1.82) is 0 Å². The zero-order chi connectivity index (χ0) is 21.7. The maximum absolute atomic E-state index is 5.86. The Hall–Kier alpha value is -4.58. The van der Waals surface area contributed by atoms with Crippen LogP contribution in [0.2, 0.25) is 0 Å². The highest BCUT2D eigenvalue weighted by atomic mass is 16.4. The highest BCUT2D eigenvalue weighted by molar-refractivity contribution is 5.81. The number of nitrogen functional groups attached to an aromatic ring is 2. The molecular formula is C26H18N4O2. The van der Waals surface area contributed by atoms with E-state index in [0.29, 0.717) is 23.2 Å². The van der Waals surface area contributed by atoms with Gasteiger partial charge in [0.2, 0.25) is 11.8 Å². The predicted octanol–water partition coefficient (Wildman–Crippen LogP) is 6.13. The van der Waals surface area contributed by atoms with Crippen molar-refractivity contribution in [3.8, 4) is 34.0 Å². The van der Waals surface area contributed by atoms with E-state index in [0.717, 1.165) is 44.5 Å². The molecular weight excluding hydrogens is 400 g/mol. The Balaban J connectivity index is 1.27. The lowest BCUT2D eigenvalue weighted by Gasteiger charge is -2.04. The molecule has 0 saturated carbocycles. The largest absolute Gasteiger partial charge is 0.436 e. The van der Waals surface area contributed by atoms with Crippen molar-refractivity contribution in [3.63, 3.8) is 0 Å². The summed E-state index contributed by atoms with van der Waals surface area (Å²) in [6.07, 6.45) is 0. The van der Waals surface area contributed by atoms with Crippen molar-refractivity contribution in [2.75, 3.05) is 11.5 Å². The average molecular weight is 418 g/mol. The topological polar surface area (TPSA) is 104 Å². The number of anilines is 2. The fourth-order valence-electron chi connectivity index (χ4n) is 3.75. The second kappa shape index (κ2) is 6.99. The van der Waals surface area contributed by atoms with Gasteiger partial charge in [-0.1, -0.05) is 24.3 Å². The summed E-state index contributed by atoms with van der Waals surface area (Å²) in [5.41, 5.74) is 19.9. The molecule has 0 radical (unpaired) electrons. The van der Waals surface area contributed by atoms with Crippen LogP contribution in [-0.2, 0) is 0 Å². The number of fused-ring (bicyclic) bond motifs is 2. The molecule has 2 aromatic heterocycles. The molecule has 0 unspecified atom stereocenters. The zero-order valence-corrected chi connectivity index (χ0v) is 16.9. The molecule has 2 heterocycles. The van der Waals surface area contributed by atoms with E-state index in [-0.39, 0.29) is 0 Å². The molecule has 32 heavy (non-hydrogen) atoms. The first-order valence-electron chi connectivity index (χ1n) is 10.2. The van der Waals surface area contributed by atoms with Crippen molar-refractivity contribution in [2.45, 2.75) is 0 Å². The van der Waals surface area contributed by atoms with Crippen molar-refractivity contribution in [3.05, 3.63) is 84.9 Å². The van der Waals surface area contributed by atoms with Gasteiger partial charge in [-0.2, -0.15) is 0 Å². The molecule has 0 atom stereocenters. The highest BCUT2D eigenvalue weighted by Crippen LogP contribution is 2.30. The van der Waals surface area contributed by atoms with Crippen LogP contribution in [0.25, 0.3) is 56.2 Å². The first-order chi connectivity index (χ1) is 15.6. The normalized spacial score (nSPS) is 11.4. The molecule has 0 amide bonds. The molecule has 4 aromatic carbocycles. The second-order valence-corrected chi connectivity index (χ2v) is 7.65. The maximum Gasteiger partial charge on any atom is 0.227 e. The molecule has 0 fully saturated rings. The first-order valence-corrected chi connectivity index (χ1v) is 10.2. The molecule has 0 saturated heterocycles. The number of oxazole rings is 2. The molecule has 0 aliphatic heterocycles. The van der Waals surface area contributed by atoms with Crippen molar-refractivity contribution >= 4 is 33.6 Å². The van der Waals surface area contributed by atoms with E-state index in [2.05, 4.69) is 34.2 Å². The number of aromatic nitrogens is 2. The Kier molecular flexibility index (Phi) is 3.98. The molecule has 154 valence electrons. The van der Waals surface area contributed by atoms with Crippen molar-refractivity contribution in [2.24, 2.45) is 0 Å². The number of rotatable bonds is 3. The van der Waals surface area contributed by atoms with Crippen LogP contribution in [0.1, 0.15) is 0 Å². The molecule has 6 aromatic rings. The summed E-state index contributed by atoms with van der Waals surface area (Å²) in [6.45, 7) is 0. The van der Waals surface area contributed by atoms with E-state index in [1.165, 1.54) is 0 Å². The summed E-state index contributed by atoms with van der Waals surface area (Å²) < 4.78 is 11.7. The van der Waals surface area contributed by atoms with Crippen LogP contribution < -0.4 is 11.5 Å². The molecule has 6 rings (SSSR count). The van der Waals surface area contributed by atoms with Gasteiger partial charge in [-0.15, -0.1) is 0 Å². The predicted molar refractivity (Wildman–Crippen MR) is 127 cm³/mol. The minimum atomic E-state index is 0.573. The maximum atomic E-state index is 5.86. The molecule has 0 bridgehead atoms. The van der Waals surface area contributed by atoms with Gasteiger partial charge in [-0.25, -0.2) is 9.97 Å². The van der Waals surface area contributed by atoms with Crippen LogP contribution in [0, 0.1) is 0 Å². The Morgan fingerprint density at radius 2 is 0.844 bits per heavy atom. The molecule has 0 aliphatic rings. The van der Waals surface area contributed by atoms with Crippen LogP contribution in [0.4, 0.5) is 11.4 Å². The minimum absolute atomic E-state index is 0.573. The van der Waals surface area contributed by atoms with Crippen LogP contribution in [0.15, 0.2) is 93.8 Å². The smallest absolute Gasteiger partial charge is 0.227 e. The molecule has 6 heteroatoms. The van der Waals surface area contributed by atoms with Crippen LogP contribution in [0.3, 0.4) is 0 Å². The highest BCUT2D eigenvalue weighted by Gasteiger charge is 2.11. The number of nitrogens with two attached hydrogens (primary N) is 2. The number of nitrogens with zero attached hydrogens (tertiary/aromatic N) is 2. The van der Waals surface area contributed by atoms with E-state index in [4.69, 9.17) is 20.3 Å². The van der Waals surface area contributed by atoms with Crippen LogP contribution in [0.5, 0.6) is 0 Å². The van der Waals surface area contributed by atoms with Gasteiger partial charge in [0.1, 0.15) is 11.0 Å². The van der Waals surface area contributed by atoms with E-state index >= 15 is 0 Å². The summed E-state index contributed by atoms with van der Waals surface area (Å²) in [5.74, 6) is 1.15. The minimum Gasteiger partial charge on any atom is -0.436 e. The van der Waals surface area contributed by atoms with Gasteiger partial charge in [0.25, 0.3) is 0 Å². The summed E-state index contributed by atoms with van der Waals surface area (Å²) in [6, 6.07) is 27.1. The number of hydrogen-bond donors (Lipinski definition) is 2. The first kappa shape index (κ1) is 18.2. The summed E-state index contributed by atoms with van der Waals surface area (Å²) in [4.78, 5) is 9.09. The second-order valence-electron chi connectivity index (χ2n) is 7.65. The van der Waals surface area contributed by atoms with Gasteiger partial charge in [0, 0.05) is 22.5 Å². The lowest BCUT2D eigenvalue weighted by atomic mass is 10.0. The molecule has 0 spiro atoms. The van der Waals surface area contributed by atoms with Crippen molar-refractivity contribution in [1.82, 2.24) is 9.97 Å². The Morgan fingerprint density at radius 3 is 1.25 bits per heavy atom. The fourth-order valence-corrected chi connectivity index (χ4v) is 3.75. The van der Waals surface area contributed by atoms with E-state index in [1.54, 1.807) is 12.1 Å². The average Bonchev–Trinajstić information content (AvgIpc) is 3.43. The zero-order valence-electron chi connectivity index (χ0n) is 16.9. The van der Waals surface area contributed by atoms with Gasteiger partial charge in [0.15, 0.2) is 11.2 Å². The standard InChI is InChI=1S/C26H18N4O2/c27-19-9-11-23-21(13-19)29-25(31-23)17-5-1-15(2-6-17)16-3-7-18(8-4-16)26-30-22-14-20(28)10-12-24(22)32-26/h1-14H,27-28H2. The van der Waals surface area contributed by atoms with E-state index < -0.39 is 0 Å². The van der Waals surface area contributed by atoms with E-state index in [1.807, 2.05) is 48.5 Å². The number of hydrogen-bond acceptors (Lipinski definition) is 6.